The summed E-state index contributed by atoms with van der Waals surface area (Å²) >= 11 is 0. The molecule has 0 aromatic carbocycles. The van der Waals surface area contributed by atoms with Crippen LogP contribution in [0.1, 0.15) is 40.5 Å². The summed E-state index contributed by atoms with van der Waals surface area (Å²) in [7, 11) is 2.16. The van der Waals surface area contributed by atoms with Gasteiger partial charge in [0.25, 0.3) is 0 Å². The summed E-state index contributed by atoms with van der Waals surface area (Å²) in [4.78, 5) is 2.35. The molecule has 0 rings (SSSR count). The molecule has 3 nitrogen and oxygen atoms in total. The van der Waals surface area contributed by atoms with Gasteiger partial charge in [0.2, 0.25) is 0 Å². The molecule has 0 saturated carbocycles. The number of hydrogen-bond donors (Lipinski definition) is 2. The van der Waals surface area contributed by atoms with Crippen molar-refractivity contribution in [2.45, 2.75) is 46.6 Å². The second-order valence-corrected chi connectivity index (χ2v) is 5.43. The molecule has 0 aromatic heterocycles. The van der Waals surface area contributed by atoms with Gasteiger partial charge in [-0.05, 0) is 46.8 Å². The molecule has 0 spiro atoms. The summed E-state index contributed by atoms with van der Waals surface area (Å²) in [5, 5.41) is 12.7. The van der Waals surface area contributed by atoms with Gasteiger partial charge in [-0.1, -0.05) is 13.8 Å². The Morgan fingerprint density at radius 1 is 1.38 bits per heavy atom. The summed E-state index contributed by atoms with van der Waals surface area (Å²) in [5.74, 6) is 0. The first-order chi connectivity index (χ1) is 7.45. The fourth-order valence-electron chi connectivity index (χ4n) is 1.39. The predicted molar refractivity (Wildman–Crippen MR) is 70.7 cm³/mol. The minimum atomic E-state index is 0.0456. The quantitative estimate of drug-likeness (QED) is 0.592. The van der Waals surface area contributed by atoms with Crippen molar-refractivity contribution in [1.82, 2.24) is 10.2 Å². The minimum absolute atomic E-state index is 0.0456. The molecule has 98 valence electrons. The first-order valence-electron chi connectivity index (χ1n) is 6.47. The van der Waals surface area contributed by atoms with Gasteiger partial charge >= 0.3 is 0 Å². The van der Waals surface area contributed by atoms with Crippen LogP contribution in [-0.4, -0.2) is 49.3 Å². The zero-order chi connectivity index (χ0) is 12.6. The lowest BCUT2D eigenvalue weighted by Gasteiger charge is -2.26. The summed E-state index contributed by atoms with van der Waals surface area (Å²) in [6, 6.07) is 0.623. The first kappa shape index (κ1) is 15.9. The summed E-state index contributed by atoms with van der Waals surface area (Å²) < 4.78 is 0. The van der Waals surface area contributed by atoms with E-state index in [9.17, 15) is 5.11 Å². The van der Waals surface area contributed by atoms with E-state index in [0.29, 0.717) is 6.04 Å². The standard InChI is InChI=1S/C13H30N2O/c1-6-13(4,11-16)10-14-8-7-9-15(5)12(2)3/h12,14,16H,6-11H2,1-5H3. The normalized spacial score (nSPS) is 15.8. The third kappa shape index (κ3) is 6.46. The lowest BCUT2D eigenvalue weighted by atomic mass is 9.89. The second kappa shape index (κ2) is 8.04. The molecule has 0 aromatic rings. The molecule has 1 unspecified atom stereocenters. The molecule has 0 aliphatic rings. The molecule has 2 N–H and O–H groups in total. The van der Waals surface area contributed by atoms with Gasteiger partial charge in [-0.25, -0.2) is 0 Å². The number of hydrogen-bond acceptors (Lipinski definition) is 3. The number of aliphatic hydroxyl groups is 1. The largest absolute Gasteiger partial charge is 0.396 e. The highest BCUT2D eigenvalue weighted by molar-refractivity contribution is 4.74. The van der Waals surface area contributed by atoms with Crippen LogP contribution in [-0.2, 0) is 0 Å². The molecule has 0 aliphatic carbocycles. The van der Waals surface area contributed by atoms with Crippen LogP contribution >= 0.6 is 0 Å². The maximum atomic E-state index is 9.25. The molecule has 0 fully saturated rings. The molecular formula is C13H30N2O. The van der Waals surface area contributed by atoms with E-state index in [0.717, 1.165) is 26.1 Å². The summed E-state index contributed by atoms with van der Waals surface area (Å²) in [6.07, 6.45) is 2.18. The van der Waals surface area contributed by atoms with Crippen LogP contribution in [0.15, 0.2) is 0 Å². The third-order valence-electron chi connectivity index (χ3n) is 3.53. The number of nitrogens with zero attached hydrogens (tertiary/aromatic N) is 1. The van der Waals surface area contributed by atoms with Crippen LogP contribution in [0.25, 0.3) is 0 Å². The maximum Gasteiger partial charge on any atom is 0.0496 e. The Kier molecular flexibility index (Phi) is 7.98. The fourth-order valence-corrected chi connectivity index (χ4v) is 1.39. The Morgan fingerprint density at radius 2 is 2.00 bits per heavy atom. The van der Waals surface area contributed by atoms with Crippen LogP contribution in [0.5, 0.6) is 0 Å². The molecule has 3 heteroatoms. The maximum absolute atomic E-state index is 9.25. The van der Waals surface area contributed by atoms with Gasteiger partial charge in [-0.2, -0.15) is 0 Å². The van der Waals surface area contributed by atoms with Crippen molar-refractivity contribution in [1.29, 1.82) is 0 Å². The lowest BCUT2D eigenvalue weighted by Crippen LogP contribution is -2.36. The fraction of sp³-hybridized carbons (Fsp3) is 1.00. The SMILES string of the molecule is CCC(C)(CO)CNCCCN(C)C(C)C. The van der Waals surface area contributed by atoms with Crippen LogP contribution in [0.4, 0.5) is 0 Å². The molecule has 0 heterocycles. The van der Waals surface area contributed by atoms with Crippen LogP contribution < -0.4 is 5.32 Å². The van der Waals surface area contributed by atoms with Gasteiger partial charge in [-0.3, -0.25) is 0 Å². The zero-order valence-electron chi connectivity index (χ0n) is 11.7. The van der Waals surface area contributed by atoms with Crippen molar-refractivity contribution in [3.8, 4) is 0 Å². The average molecular weight is 230 g/mol. The molecule has 0 bridgehead atoms. The Bertz CT molecular complexity index is 167. The molecule has 16 heavy (non-hydrogen) atoms. The van der Waals surface area contributed by atoms with Crippen LogP contribution in [0, 0.1) is 5.41 Å². The minimum Gasteiger partial charge on any atom is -0.396 e. The number of rotatable bonds is 9. The number of aliphatic hydroxyl groups excluding tert-OH is 1. The van der Waals surface area contributed by atoms with E-state index < -0.39 is 0 Å². The van der Waals surface area contributed by atoms with E-state index in [4.69, 9.17) is 0 Å². The smallest absolute Gasteiger partial charge is 0.0496 e. The highest BCUT2D eigenvalue weighted by Gasteiger charge is 2.19. The molecule has 1 atom stereocenters. The van der Waals surface area contributed by atoms with E-state index in [1.165, 1.54) is 6.42 Å². The highest BCUT2D eigenvalue weighted by atomic mass is 16.3. The van der Waals surface area contributed by atoms with Gasteiger partial charge in [0.15, 0.2) is 0 Å². The monoisotopic (exact) mass is 230 g/mol. The molecule has 0 saturated heterocycles. The van der Waals surface area contributed by atoms with E-state index in [1.807, 2.05) is 0 Å². The van der Waals surface area contributed by atoms with Crippen molar-refractivity contribution in [2.24, 2.45) is 5.41 Å². The van der Waals surface area contributed by atoms with Gasteiger partial charge in [0.05, 0.1) is 0 Å². The van der Waals surface area contributed by atoms with Crippen LogP contribution in [0.3, 0.4) is 0 Å². The molecule has 0 aliphatic heterocycles. The lowest BCUT2D eigenvalue weighted by molar-refractivity contribution is 0.135. The Labute approximate surface area is 101 Å². The van der Waals surface area contributed by atoms with Gasteiger partial charge in [-0.15, -0.1) is 0 Å². The van der Waals surface area contributed by atoms with Crippen molar-refractivity contribution in [3.05, 3.63) is 0 Å². The van der Waals surface area contributed by atoms with Crippen molar-refractivity contribution < 1.29 is 5.11 Å². The highest BCUT2D eigenvalue weighted by Crippen LogP contribution is 2.18. The van der Waals surface area contributed by atoms with E-state index in [2.05, 4.69) is 45.0 Å². The third-order valence-corrected chi connectivity index (χ3v) is 3.53. The van der Waals surface area contributed by atoms with Crippen molar-refractivity contribution in [2.75, 3.05) is 33.3 Å². The predicted octanol–water partition coefficient (Wildman–Crippen LogP) is 1.71. The topological polar surface area (TPSA) is 35.5 Å². The number of nitrogens with one attached hydrogen (secondary N) is 1. The Balaban J connectivity index is 3.53. The first-order valence-corrected chi connectivity index (χ1v) is 6.47. The van der Waals surface area contributed by atoms with Gasteiger partial charge < -0.3 is 15.3 Å². The molecule has 0 amide bonds. The van der Waals surface area contributed by atoms with Gasteiger partial charge in [0, 0.05) is 24.6 Å². The summed E-state index contributed by atoms with van der Waals surface area (Å²) in [6.45, 7) is 12.0. The van der Waals surface area contributed by atoms with E-state index in [-0.39, 0.29) is 12.0 Å². The summed E-state index contributed by atoms with van der Waals surface area (Å²) in [5.41, 5.74) is 0.0456. The zero-order valence-corrected chi connectivity index (χ0v) is 11.7. The van der Waals surface area contributed by atoms with Crippen molar-refractivity contribution in [3.63, 3.8) is 0 Å². The Hall–Kier alpha value is -0.120. The van der Waals surface area contributed by atoms with Gasteiger partial charge in [0.1, 0.15) is 0 Å². The molecule has 0 radical (unpaired) electrons. The average Bonchev–Trinajstić information content (AvgIpc) is 2.27. The molecular weight excluding hydrogens is 200 g/mol. The Morgan fingerprint density at radius 3 is 2.44 bits per heavy atom. The van der Waals surface area contributed by atoms with Crippen molar-refractivity contribution >= 4 is 0 Å². The van der Waals surface area contributed by atoms with E-state index in [1.54, 1.807) is 0 Å². The van der Waals surface area contributed by atoms with E-state index >= 15 is 0 Å². The van der Waals surface area contributed by atoms with Crippen LogP contribution in [0.2, 0.25) is 0 Å². The second-order valence-electron chi connectivity index (χ2n) is 5.43.